The second-order valence-electron chi connectivity index (χ2n) is 11.5. The summed E-state index contributed by atoms with van der Waals surface area (Å²) in [6, 6.07) is -0.267. The first-order valence-electron chi connectivity index (χ1n) is 17.4. The van der Waals surface area contributed by atoms with Crippen LogP contribution in [0.3, 0.4) is 0 Å². The predicted octanol–water partition coefficient (Wildman–Crippen LogP) is 5.83. The average molecular weight is 645 g/mol. The molecule has 11 heteroatoms. The molecule has 258 valence electrons. The minimum Gasteiger partial charge on any atom is -0.377 e. The van der Waals surface area contributed by atoms with Crippen molar-refractivity contribution in [3.63, 3.8) is 0 Å². The van der Waals surface area contributed by atoms with Gasteiger partial charge in [-0.05, 0) is 25.7 Å². The SMILES string of the molecule is CCCCCCCCCCCCCCCCCC(=O)NCCCC(=O)NCCCCNC(=O)NCCOCCOCC(=O)S. The van der Waals surface area contributed by atoms with E-state index in [0.29, 0.717) is 65.3 Å². The van der Waals surface area contributed by atoms with Crippen molar-refractivity contribution in [3.8, 4) is 0 Å². The molecule has 0 unspecified atom stereocenters. The normalized spacial score (nSPS) is 10.9. The Kier molecular flexibility index (Phi) is 32.6. The molecule has 0 saturated heterocycles. The molecule has 0 fully saturated rings. The van der Waals surface area contributed by atoms with Crippen molar-refractivity contribution in [3.05, 3.63) is 0 Å². The van der Waals surface area contributed by atoms with Crippen molar-refractivity contribution < 1.29 is 28.7 Å². The van der Waals surface area contributed by atoms with Crippen molar-refractivity contribution >= 4 is 35.6 Å². The van der Waals surface area contributed by atoms with Crippen LogP contribution in [0, 0.1) is 0 Å². The van der Waals surface area contributed by atoms with Crippen LogP contribution in [0.1, 0.15) is 135 Å². The molecule has 0 aliphatic carbocycles. The number of amides is 4. The Morgan fingerprint density at radius 2 is 0.909 bits per heavy atom. The van der Waals surface area contributed by atoms with Crippen LogP contribution in [0.5, 0.6) is 0 Å². The monoisotopic (exact) mass is 644 g/mol. The first-order chi connectivity index (χ1) is 21.5. The summed E-state index contributed by atoms with van der Waals surface area (Å²) in [7, 11) is 0. The third kappa shape index (κ3) is 34.6. The fourth-order valence-electron chi connectivity index (χ4n) is 4.67. The van der Waals surface area contributed by atoms with Crippen LogP contribution in [0.2, 0.25) is 0 Å². The number of carbonyl (C=O) groups excluding carboxylic acids is 4. The van der Waals surface area contributed by atoms with Gasteiger partial charge in [-0.3, -0.25) is 14.4 Å². The van der Waals surface area contributed by atoms with Gasteiger partial charge in [-0.1, -0.05) is 96.8 Å². The summed E-state index contributed by atoms with van der Waals surface area (Å²) in [5, 5.41) is 10.9. The first-order valence-corrected chi connectivity index (χ1v) is 17.8. The Morgan fingerprint density at radius 1 is 0.477 bits per heavy atom. The highest BCUT2D eigenvalue weighted by atomic mass is 32.1. The number of hydrogen-bond donors (Lipinski definition) is 5. The maximum absolute atomic E-state index is 12.0. The lowest BCUT2D eigenvalue weighted by atomic mass is 10.0. The van der Waals surface area contributed by atoms with Crippen molar-refractivity contribution in [2.45, 2.75) is 135 Å². The topological polar surface area (TPSA) is 135 Å². The largest absolute Gasteiger partial charge is 0.377 e. The zero-order valence-corrected chi connectivity index (χ0v) is 28.6. The highest BCUT2D eigenvalue weighted by Crippen LogP contribution is 2.13. The van der Waals surface area contributed by atoms with Crippen LogP contribution in [0.15, 0.2) is 0 Å². The van der Waals surface area contributed by atoms with E-state index in [4.69, 9.17) is 9.47 Å². The second-order valence-corrected chi connectivity index (χ2v) is 12.0. The quantitative estimate of drug-likeness (QED) is 0.0451. The summed E-state index contributed by atoms with van der Waals surface area (Å²) in [6.45, 7) is 5.17. The Hall–Kier alpha value is -1.85. The van der Waals surface area contributed by atoms with Gasteiger partial charge in [-0.25, -0.2) is 4.79 Å². The molecule has 0 rings (SSSR count). The number of urea groups is 1. The molecular formula is C33H64N4O6S. The van der Waals surface area contributed by atoms with E-state index in [9.17, 15) is 19.2 Å². The summed E-state index contributed by atoms with van der Waals surface area (Å²) < 4.78 is 10.3. The fourth-order valence-corrected chi connectivity index (χ4v) is 4.76. The van der Waals surface area contributed by atoms with E-state index in [0.717, 1.165) is 25.7 Å². The van der Waals surface area contributed by atoms with Crippen LogP contribution >= 0.6 is 12.6 Å². The minimum atomic E-state index is -0.330. The molecule has 0 spiro atoms. The van der Waals surface area contributed by atoms with Crippen molar-refractivity contribution in [2.24, 2.45) is 0 Å². The van der Waals surface area contributed by atoms with Gasteiger partial charge in [-0.15, -0.1) is 12.6 Å². The summed E-state index contributed by atoms with van der Waals surface area (Å²) in [6.07, 6.45) is 22.8. The smallest absolute Gasteiger partial charge is 0.314 e. The van der Waals surface area contributed by atoms with Gasteiger partial charge in [0.2, 0.25) is 16.9 Å². The lowest BCUT2D eigenvalue weighted by Crippen LogP contribution is -2.38. The summed E-state index contributed by atoms with van der Waals surface area (Å²) in [5.74, 6) is 0.0624. The lowest BCUT2D eigenvalue weighted by Gasteiger charge is -2.09. The number of unbranched alkanes of at least 4 members (excludes halogenated alkanes) is 15. The Labute approximate surface area is 273 Å². The van der Waals surface area contributed by atoms with E-state index in [-0.39, 0.29) is 29.6 Å². The van der Waals surface area contributed by atoms with Gasteiger partial charge >= 0.3 is 6.03 Å². The molecule has 0 aromatic carbocycles. The van der Waals surface area contributed by atoms with E-state index in [1.807, 2.05) is 0 Å². The third-order valence-corrected chi connectivity index (χ3v) is 7.38. The molecule has 0 aliphatic rings. The summed E-state index contributed by atoms with van der Waals surface area (Å²) >= 11 is 3.59. The Balaban J connectivity index is 3.36. The Bertz CT molecular complexity index is 714. The van der Waals surface area contributed by atoms with E-state index < -0.39 is 0 Å². The number of nitrogens with one attached hydrogen (secondary N) is 4. The average Bonchev–Trinajstić information content (AvgIpc) is 3.00. The molecule has 0 saturated carbocycles. The molecule has 0 aliphatic heterocycles. The van der Waals surface area contributed by atoms with Gasteiger partial charge in [0.1, 0.15) is 6.61 Å². The lowest BCUT2D eigenvalue weighted by molar-refractivity contribution is -0.123. The molecule has 0 atom stereocenters. The zero-order chi connectivity index (χ0) is 32.4. The molecule has 0 bridgehead atoms. The zero-order valence-electron chi connectivity index (χ0n) is 27.7. The van der Waals surface area contributed by atoms with Crippen LogP contribution in [0.25, 0.3) is 0 Å². The third-order valence-electron chi connectivity index (χ3n) is 7.25. The molecule has 4 N–H and O–H groups in total. The number of carbonyl (C=O) groups is 4. The van der Waals surface area contributed by atoms with Crippen LogP contribution < -0.4 is 21.3 Å². The maximum Gasteiger partial charge on any atom is 0.314 e. The molecule has 0 aromatic heterocycles. The highest BCUT2D eigenvalue weighted by molar-refractivity contribution is 7.96. The molecule has 4 amide bonds. The fraction of sp³-hybridized carbons (Fsp3) is 0.879. The predicted molar refractivity (Wildman–Crippen MR) is 181 cm³/mol. The molecule has 0 radical (unpaired) electrons. The molecule has 0 aromatic rings. The molecular weight excluding hydrogens is 580 g/mol. The molecule has 10 nitrogen and oxygen atoms in total. The number of rotatable bonds is 33. The first kappa shape index (κ1) is 42.1. The number of thiol groups is 1. The number of ether oxygens (including phenoxy) is 2. The molecule has 0 heterocycles. The van der Waals surface area contributed by atoms with E-state index in [1.54, 1.807) is 0 Å². The van der Waals surface area contributed by atoms with Gasteiger partial charge in [0.25, 0.3) is 0 Å². The van der Waals surface area contributed by atoms with Gasteiger partial charge < -0.3 is 30.7 Å². The summed E-state index contributed by atoms with van der Waals surface area (Å²) in [4.78, 5) is 46.3. The second kappa shape index (κ2) is 34.0. The minimum absolute atomic E-state index is 0.0185. The molecule has 44 heavy (non-hydrogen) atoms. The van der Waals surface area contributed by atoms with E-state index in [1.165, 1.54) is 83.5 Å². The van der Waals surface area contributed by atoms with Crippen molar-refractivity contribution in [1.82, 2.24) is 21.3 Å². The highest BCUT2D eigenvalue weighted by Gasteiger charge is 2.04. The van der Waals surface area contributed by atoms with E-state index in [2.05, 4.69) is 40.8 Å². The van der Waals surface area contributed by atoms with Gasteiger partial charge in [0.15, 0.2) is 0 Å². The Morgan fingerprint density at radius 3 is 1.45 bits per heavy atom. The van der Waals surface area contributed by atoms with Crippen LogP contribution in [-0.2, 0) is 23.9 Å². The van der Waals surface area contributed by atoms with Crippen LogP contribution in [-0.4, -0.2) is 75.6 Å². The van der Waals surface area contributed by atoms with E-state index >= 15 is 0 Å². The van der Waals surface area contributed by atoms with Gasteiger partial charge in [0, 0.05) is 39.0 Å². The van der Waals surface area contributed by atoms with Gasteiger partial charge in [0.05, 0.1) is 19.8 Å². The maximum atomic E-state index is 12.0. The van der Waals surface area contributed by atoms with Crippen molar-refractivity contribution in [2.75, 3.05) is 52.6 Å². The van der Waals surface area contributed by atoms with Crippen molar-refractivity contribution in [1.29, 1.82) is 0 Å². The standard InChI is InChI=1S/C33H64N4O6S/c1-2-3-4-5-6-7-8-9-10-11-12-13-14-15-16-20-30(38)35-24-19-21-31(39)34-22-17-18-23-36-33(41)37-25-26-42-27-28-43-29-32(40)44/h2-29H2,1H3,(H,34,39)(H,35,38)(H,40,44)(H2,36,37,41). The summed E-state index contributed by atoms with van der Waals surface area (Å²) in [5.41, 5.74) is 0. The van der Waals surface area contributed by atoms with Crippen LogP contribution in [0.4, 0.5) is 4.79 Å². The van der Waals surface area contributed by atoms with Gasteiger partial charge in [-0.2, -0.15) is 0 Å². The number of hydrogen-bond acceptors (Lipinski definition) is 6.